The summed E-state index contributed by atoms with van der Waals surface area (Å²) < 4.78 is 0. The third kappa shape index (κ3) is 2.48. The quantitative estimate of drug-likeness (QED) is 0.913. The van der Waals surface area contributed by atoms with E-state index in [0.29, 0.717) is 24.6 Å². The van der Waals surface area contributed by atoms with E-state index in [2.05, 4.69) is 10.2 Å². The predicted octanol–water partition coefficient (Wildman–Crippen LogP) is 1.63. The summed E-state index contributed by atoms with van der Waals surface area (Å²) in [6.07, 6.45) is 2.68. The van der Waals surface area contributed by atoms with Crippen molar-refractivity contribution >= 4 is 11.8 Å². The van der Waals surface area contributed by atoms with E-state index in [4.69, 9.17) is 0 Å². The molecule has 2 atom stereocenters. The number of hydrogen-bond acceptors (Lipinski definition) is 3. The van der Waals surface area contributed by atoms with E-state index in [1.165, 1.54) is 0 Å². The van der Waals surface area contributed by atoms with Gasteiger partial charge in [-0.05, 0) is 36.1 Å². The zero-order chi connectivity index (χ0) is 16.7. The van der Waals surface area contributed by atoms with Gasteiger partial charge in [0.1, 0.15) is 0 Å². The van der Waals surface area contributed by atoms with Crippen LogP contribution in [0, 0.1) is 11.8 Å². The molecule has 1 N–H and O–H groups in total. The van der Waals surface area contributed by atoms with Crippen molar-refractivity contribution in [1.82, 2.24) is 20.0 Å². The molecular weight excluding hydrogens is 304 g/mol. The van der Waals surface area contributed by atoms with Crippen LogP contribution in [0.4, 0.5) is 0 Å². The summed E-state index contributed by atoms with van der Waals surface area (Å²) in [6, 6.07) is 9.42. The number of hydrogen-bond donors (Lipinski definition) is 1. The fourth-order valence-corrected chi connectivity index (χ4v) is 3.75. The van der Waals surface area contributed by atoms with E-state index >= 15 is 0 Å². The molecule has 3 heterocycles. The number of piperidine rings is 1. The number of carbonyl (C=O) groups excluding carboxylic acids is 2. The smallest absolute Gasteiger partial charge is 0.253 e. The minimum absolute atomic E-state index is 0.0102. The number of H-pyrrole nitrogens is 1. The Balaban J connectivity index is 1.49. The average Bonchev–Trinajstić information content (AvgIpc) is 3.27. The first-order valence-corrected chi connectivity index (χ1v) is 8.27. The number of aromatic nitrogens is 2. The second kappa shape index (κ2) is 5.78. The number of amides is 2. The van der Waals surface area contributed by atoms with Crippen molar-refractivity contribution in [3.8, 4) is 11.3 Å². The van der Waals surface area contributed by atoms with Crippen LogP contribution in [0.15, 0.2) is 36.5 Å². The zero-order valence-corrected chi connectivity index (χ0v) is 13.6. The van der Waals surface area contributed by atoms with Gasteiger partial charge >= 0.3 is 0 Å². The van der Waals surface area contributed by atoms with Crippen LogP contribution in [0.2, 0.25) is 0 Å². The van der Waals surface area contributed by atoms with Crippen LogP contribution in [-0.4, -0.2) is 58.5 Å². The molecule has 4 rings (SSSR count). The van der Waals surface area contributed by atoms with Crippen molar-refractivity contribution in [2.75, 3.05) is 26.7 Å². The zero-order valence-electron chi connectivity index (χ0n) is 13.6. The maximum absolute atomic E-state index is 12.8. The summed E-state index contributed by atoms with van der Waals surface area (Å²) in [7, 11) is 1.84. The highest BCUT2D eigenvalue weighted by molar-refractivity contribution is 5.95. The van der Waals surface area contributed by atoms with Gasteiger partial charge in [-0.1, -0.05) is 12.1 Å². The molecule has 2 aliphatic rings. The van der Waals surface area contributed by atoms with E-state index in [1.54, 1.807) is 11.1 Å². The normalized spacial score (nSPS) is 23.5. The molecule has 1 aromatic heterocycles. The highest BCUT2D eigenvalue weighted by Crippen LogP contribution is 2.32. The van der Waals surface area contributed by atoms with E-state index < -0.39 is 0 Å². The lowest BCUT2D eigenvalue weighted by Gasteiger charge is -2.30. The van der Waals surface area contributed by atoms with Gasteiger partial charge in [-0.15, -0.1) is 0 Å². The third-order valence-corrected chi connectivity index (χ3v) is 5.20. The molecular formula is C18H20N4O2. The topological polar surface area (TPSA) is 69.3 Å². The molecule has 124 valence electrons. The Hall–Kier alpha value is -2.63. The number of rotatable bonds is 2. The molecule has 0 spiro atoms. The first-order valence-electron chi connectivity index (χ1n) is 8.27. The van der Waals surface area contributed by atoms with Crippen LogP contribution in [-0.2, 0) is 4.79 Å². The summed E-state index contributed by atoms with van der Waals surface area (Å²) >= 11 is 0. The predicted molar refractivity (Wildman–Crippen MR) is 89.2 cm³/mol. The van der Waals surface area contributed by atoms with E-state index in [-0.39, 0.29) is 17.7 Å². The number of nitrogens with one attached hydrogen (secondary N) is 1. The Morgan fingerprint density at radius 1 is 1.21 bits per heavy atom. The van der Waals surface area contributed by atoms with Crippen LogP contribution < -0.4 is 0 Å². The van der Waals surface area contributed by atoms with E-state index in [1.807, 2.05) is 42.3 Å². The van der Waals surface area contributed by atoms with Gasteiger partial charge in [0.15, 0.2) is 0 Å². The summed E-state index contributed by atoms with van der Waals surface area (Å²) in [5, 5.41) is 6.85. The van der Waals surface area contributed by atoms with Gasteiger partial charge in [0.2, 0.25) is 5.91 Å². The van der Waals surface area contributed by atoms with Crippen molar-refractivity contribution in [1.29, 1.82) is 0 Å². The molecule has 2 saturated heterocycles. The molecule has 0 saturated carbocycles. The molecule has 2 aromatic rings. The molecule has 24 heavy (non-hydrogen) atoms. The lowest BCUT2D eigenvalue weighted by atomic mass is 9.88. The van der Waals surface area contributed by atoms with Gasteiger partial charge in [0.05, 0.1) is 11.6 Å². The molecule has 2 aliphatic heterocycles. The standard InChI is InChI=1S/C18H20N4O2/c1-21-9-7-14-10-22(11-15(14)18(21)24)17(23)13-4-2-12(3-5-13)16-6-8-19-20-16/h2-6,8,14-15H,7,9-11H2,1H3,(H,19,20)/t14-,15+/m1/s1. The van der Waals surface area contributed by atoms with Crippen LogP contribution in [0.3, 0.4) is 0 Å². The Labute approximate surface area is 140 Å². The van der Waals surface area contributed by atoms with Crippen molar-refractivity contribution in [3.05, 3.63) is 42.1 Å². The van der Waals surface area contributed by atoms with E-state index in [0.717, 1.165) is 24.2 Å². The Morgan fingerprint density at radius 2 is 2.00 bits per heavy atom. The van der Waals surface area contributed by atoms with Gasteiger partial charge in [-0.25, -0.2) is 0 Å². The number of benzene rings is 1. The second-order valence-corrected chi connectivity index (χ2v) is 6.67. The Kier molecular flexibility index (Phi) is 3.59. The van der Waals surface area contributed by atoms with Gasteiger partial charge in [-0.2, -0.15) is 5.10 Å². The largest absolute Gasteiger partial charge is 0.345 e. The molecule has 0 aliphatic carbocycles. The molecule has 1 aromatic carbocycles. The number of aromatic amines is 1. The van der Waals surface area contributed by atoms with Gasteiger partial charge in [-0.3, -0.25) is 14.7 Å². The summed E-state index contributed by atoms with van der Waals surface area (Å²) in [5.41, 5.74) is 2.59. The summed E-state index contributed by atoms with van der Waals surface area (Å²) in [6.45, 7) is 2.02. The minimum Gasteiger partial charge on any atom is -0.345 e. The van der Waals surface area contributed by atoms with Gasteiger partial charge in [0.25, 0.3) is 5.91 Å². The fourth-order valence-electron chi connectivity index (χ4n) is 3.75. The van der Waals surface area contributed by atoms with Crippen LogP contribution in [0.25, 0.3) is 11.3 Å². The molecule has 0 unspecified atom stereocenters. The van der Waals surface area contributed by atoms with Crippen LogP contribution in [0.1, 0.15) is 16.8 Å². The highest BCUT2D eigenvalue weighted by atomic mass is 16.2. The van der Waals surface area contributed by atoms with Gasteiger partial charge in [0, 0.05) is 38.4 Å². The first-order chi connectivity index (χ1) is 11.6. The van der Waals surface area contributed by atoms with Crippen molar-refractivity contribution < 1.29 is 9.59 Å². The second-order valence-electron chi connectivity index (χ2n) is 6.67. The molecule has 2 amide bonds. The fraction of sp³-hybridized carbons (Fsp3) is 0.389. The maximum Gasteiger partial charge on any atom is 0.253 e. The summed E-state index contributed by atoms with van der Waals surface area (Å²) in [5.74, 6) is 0.464. The Morgan fingerprint density at radius 3 is 2.71 bits per heavy atom. The van der Waals surface area contributed by atoms with Crippen molar-refractivity contribution in [2.24, 2.45) is 11.8 Å². The number of carbonyl (C=O) groups is 2. The number of likely N-dealkylation sites (tertiary alicyclic amines) is 2. The van der Waals surface area contributed by atoms with Crippen LogP contribution >= 0.6 is 0 Å². The monoisotopic (exact) mass is 324 g/mol. The first kappa shape index (κ1) is 14.9. The third-order valence-electron chi connectivity index (χ3n) is 5.20. The highest BCUT2D eigenvalue weighted by Gasteiger charge is 2.43. The van der Waals surface area contributed by atoms with Crippen molar-refractivity contribution in [3.63, 3.8) is 0 Å². The lowest BCUT2D eigenvalue weighted by molar-refractivity contribution is -0.137. The maximum atomic E-state index is 12.8. The summed E-state index contributed by atoms with van der Waals surface area (Å²) in [4.78, 5) is 28.6. The van der Waals surface area contributed by atoms with E-state index in [9.17, 15) is 9.59 Å². The Bertz CT molecular complexity index is 754. The molecule has 0 bridgehead atoms. The van der Waals surface area contributed by atoms with Gasteiger partial charge < -0.3 is 9.80 Å². The molecule has 2 fully saturated rings. The lowest BCUT2D eigenvalue weighted by Crippen LogP contribution is -2.42. The molecule has 0 radical (unpaired) electrons. The average molecular weight is 324 g/mol. The van der Waals surface area contributed by atoms with Crippen molar-refractivity contribution in [2.45, 2.75) is 6.42 Å². The molecule has 6 heteroatoms. The SMILES string of the molecule is CN1CC[C@@H]2CN(C(=O)c3ccc(-c4ccn[nH]4)cc3)C[C@@H]2C1=O. The van der Waals surface area contributed by atoms with Crippen LogP contribution in [0.5, 0.6) is 0 Å². The number of fused-ring (bicyclic) bond motifs is 1. The minimum atomic E-state index is -0.0306. The number of nitrogens with zero attached hydrogens (tertiary/aromatic N) is 3. The molecule has 6 nitrogen and oxygen atoms in total.